The molecule has 1 aliphatic heterocycles. The molecule has 0 radical (unpaired) electrons. The minimum Gasteiger partial charge on any atom is -0.329 e. The highest BCUT2D eigenvalue weighted by Crippen LogP contribution is 2.24. The topological polar surface area (TPSA) is 46.2 Å². The van der Waals surface area contributed by atoms with Crippen LogP contribution in [0.4, 0.5) is 0 Å². The van der Waals surface area contributed by atoms with Gasteiger partial charge < -0.3 is 5.32 Å². The summed E-state index contributed by atoms with van der Waals surface area (Å²) in [5.41, 5.74) is 1.60. The molecule has 0 saturated carbocycles. The maximum absolute atomic E-state index is 11.6. The molecule has 3 nitrogen and oxygen atoms in total. The first-order valence-corrected chi connectivity index (χ1v) is 5.00. The van der Waals surface area contributed by atoms with Crippen molar-refractivity contribution < 1.29 is 9.59 Å². The van der Waals surface area contributed by atoms with E-state index in [9.17, 15) is 9.59 Å². The highest BCUT2D eigenvalue weighted by Gasteiger charge is 2.28. The lowest BCUT2D eigenvalue weighted by Gasteiger charge is -2.24. The summed E-state index contributed by atoms with van der Waals surface area (Å²) in [7, 11) is 0. The third-order valence-electron chi connectivity index (χ3n) is 2.34. The number of carbonyl (C=O) groups excluding carboxylic acids is 2. The molecule has 0 aromatic heterocycles. The van der Waals surface area contributed by atoms with Gasteiger partial charge in [-0.2, -0.15) is 0 Å². The van der Waals surface area contributed by atoms with Gasteiger partial charge in [0.05, 0.1) is 6.42 Å². The predicted octanol–water partition coefficient (Wildman–Crippen LogP) is 1.64. The van der Waals surface area contributed by atoms with Gasteiger partial charge in [0.15, 0.2) is 5.78 Å². The van der Waals surface area contributed by atoms with E-state index in [1.54, 1.807) is 0 Å². The van der Waals surface area contributed by atoms with Crippen molar-refractivity contribution in [3.05, 3.63) is 11.3 Å². The van der Waals surface area contributed by atoms with Gasteiger partial charge in [-0.3, -0.25) is 9.59 Å². The van der Waals surface area contributed by atoms with Crippen LogP contribution < -0.4 is 5.32 Å². The number of nitrogens with one attached hydrogen (secondary N) is 1. The number of amides is 1. The van der Waals surface area contributed by atoms with Gasteiger partial charge in [-0.05, 0) is 11.8 Å². The highest BCUT2D eigenvalue weighted by molar-refractivity contribution is 6.10. The first kappa shape index (κ1) is 11.0. The van der Waals surface area contributed by atoms with E-state index in [0.717, 1.165) is 11.3 Å². The molecule has 0 bridgehead atoms. The summed E-state index contributed by atoms with van der Waals surface area (Å²) >= 11 is 0. The van der Waals surface area contributed by atoms with E-state index in [0.29, 0.717) is 0 Å². The summed E-state index contributed by atoms with van der Waals surface area (Å²) < 4.78 is 0. The monoisotopic (exact) mass is 195 g/mol. The summed E-state index contributed by atoms with van der Waals surface area (Å²) in [6, 6.07) is 0. The van der Waals surface area contributed by atoms with E-state index in [2.05, 4.69) is 5.32 Å². The van der Waals surface area contributed by atoms with Crippen molar-refractivity contribution in [2.45, 2.75) is 34.1 Å². The van der Waals surface area contributed by atoms with E-state index in [1.165, 1.54) is 0 Å². The fourth-order valence-electron chi connectivity index (χ4n) is 1.74. The maximum Gasteiger partial charge on any atom is 0.231 e. The third-order valence-corrected chi connectivity index (χ3v) is 2.34. The van der Waals surface area contributed by atoms with E-state index in [-0.39, 0.29) is 29.9 Å². The number of ketones is 1. The standard InChI is InChI=1S/C11H17NO2/c1-6(2)10-8(13)5-9(14)12-11(10)7(3)4/h6-7H,5H2,1-4H3,(H,12,14). The molecule has 0 spiro atoms. The molecule has 78 valence electrons. The van der Waals surface area contributed by atoms with Gasteiger partial charge in [0.1, 0.15) is 0 Å². The predicted molar refractivity (Wildman–Crippen MR) is 54.5 cm³/mol. The molecule has 0 atom stereocenters. The minimum atomic E-state index is -0.178. The van der Waals surface area contributed by atoms with Gasteiger partial charge in [-0.1, -0.05) is 27.7 Å². The summed E-state index contributed by atoms with van der Waals surface area (Å²) in [4.78, 5) is 22.8. The number of rotatable bonds is 2. The SMILES string of the molecule is CC(C)C1=C(C(C)C)C(=O)CC(=O)N1. The van der Waals surface area contributed by atoms with Crippen molar-refractivity contribution in [2.24, 2.45) is 11.8 Å². The second-order valence-electron chi connectivity index (χ2n) is 4.28. The lowest BCUT2D eigenvalue weighted by atomic mass is 9.88. The molecule has 0 fully saturated rings. The van der Waals surface area contributed by atoms with Crippen LogP contribution in [0.2, 0.25) is 0 Å². The molecule has 0 aromatic rings. The second-order valence-corrected chi connectivity index (χ2v) is 4.28. The molecule has 0 saturated heterocycles. The van der Waals surface area contributed by atoms with E-state index in [1.807, 2.05) is 27.7 Å². The highest BCUT2D eigenvalue weighted by atomic mass is 16.2. The first-order valence-electron chi connectivity index (χ1n) is 5.00. The average molecular weight is 195 g/mol. The molecule has 1 rings (SSSR count). The molecule has 0 unspecified atom stereocenters. The van der Waals surface area contributed by atoms with Gasteiger partial charge in [-0.25, -0.2) is 0 Å². The molecule has 14 heavy (non-hydrogen) atoms. The average Bonchev–Trinajstić information content (AvgIpc) is 2.01. The molecule has 3 heteroatoms. The Morgan fingerprint density at radius 1 is 1.07 bits per heavy atom. The molecule has 1 amide bonds. The first-order chi connectivity index (χ1) is 6.43. The molecule has 0 aromatic carbocycles. The summed E-state index contributed by atoms with van der Waals surface area (Å²) in [6.07, 6.45) is 0.00370. The van der Waals surface area contributed by atoms with Gasteiger partial charge in [0, 0.05) is 11.3 Å². The van der Waals surface area contributed by atoms with Crippen molar-refractivity contribution in [1.82, 2.24) is 5.32 Å². The number of hydrogen-bond acceptors (Lipinski definition) is 2. The Morgan fingerprint density at radius 3 is 2.07 bits per heavy atom. The Bertz CT molecular complexity index is 300. The molecular weight excluding hydrogens is 178 g/mol. The van der Waals surface area contributed by atoms with Crippen molar-refractivity contribution in [2.75, 3.05) is 0 Å². The van der Waals surface area contributed by atoms with Crippen LogP contribution >= 0.6 is 0 Å². The van der Waals surface area contributed by atoms with Crippen molar-refractivity contribution in [3.8, 4) is 0 Å². The molecule has 0 aliphatic carbocycles. The van der Waals surface area contributed by atoms with Gasteiger partial charge in [0.25, 0.3) is 0 Å². The third kappa shape index (κ3) is 2.03. The quantitative estimate of drug-likeness (QED) is 0.681. The van der Waals surface area contributed by atoms with Crippen LogP contribution in [0, 0.1) is 11.8 Å². The minimum absolute atomic E-state index is 0.00370. The summed E-state index contributed by atoms with van der Waals surface area (Å²) in [5, 5.41) is 2.80. The van der Waals surface area contributed by atoms with Crippen LogP contribution in [-0.4, -0.2) is 11.7 Å². The number of carbonyl (C=O) groups is 2. The van der Waals surface area contributed by atoms with Gasteiger partial charge in [0.2, 0.25) is 5.91 Å². The van der Waals surface area contributed by atoms with Gasteiger partial charge >= 0.3 is 0 Å². The summed E-state index contributed by atoms with van der Waals surface area (Å²) in [5.74, 6) is 0.177. The molecule has 1 N–H and O–H groups in total. The number of allylic oxidation sites excluding steroid dienone is 2. The van der Waals surface area contributed by atoms with E-state index >= 15 is 0 Å². The Kier molecular flexibility index (Phi) is 3.09. The Morgan fingerprint density at radius 2 is 1.64 bits per heavy atom. The van der Waals surface area contributed by atoms with Crippen LogP contribution in [0.15, 0.2) is 11.3 Å². The van der Waals surface area contributed by atoms with E-state index in [4.69, 9.17) is 0 Å². The normalized spacial score (nSPS) is 18.1. The number of Topliss-reactive ketones (excluding diaryl/α,β-unsaturated/α-hetero) is 1. The largest absolute Gasteiger partial charge is 0.329 e. The fourth-order valence-corrected chi connectivity index (χ4v) is 1.74. The lowest BCUT2D eigenvalue weighted by molar-refractivity contribution is -0.127. The molecule has 1 aliphatic rings. The van der Waals surface area contributed by atoms with Crippen LogP contribution in [-0.2, 0) is 9.59 Å². The van der Waals surface area contributed by atoms with Crippen molar-refractivity contribution in [1.29, 1.82) is 0 Å². The van der Waals surface area contributed by atoms with Crippen LogP contribution in [0.5, 0.6) is 0 Å². The van der Waals surface area contributed by atoms with Crippen molar-refractivity contribution in [3.63, 3.8) is 0 Å². The Hall–Kier alpha value is -1.12. The molecular formula is C11H17NO2. The smallest absolute Gasteiger partial charge is 0.231 e. The van der Waals surface area contributed by atoms with Crippen LogP contribution in [0.3, 0.4) is 0 Å². The zero-order valence-electron chi connectivity index (χ0n) is 9.18. The second kappa shape index (κ2) is 3.95. The Balaban J connectivity index is 3.15. The van der Waals surface area contributed by atoms with E-state index < -0.39 is 0 Å². The lowest BCUT2D eigenvalue weighted by Crippen LogP contribution is -2.36. The van der Waals surface area contributed by atoms with Crippen LogP contribution in [0.25, 0.3) is 0 Å². The van der Waals surface area contributed by atoms with Gasteiger partial charge in [-0.15, -0.1) is 0 Å². The van der Waals surface area contributed by atoms with Crippen molar-refractivity contribution >= 4 is 11.7 Å². The van der Waals surface area contributed by atoms with Crippen LogP contribution in [0.1, 0.15) is 34.1 Å². The Labute approximate surface area is 84.6 Å². The fraction of sp³-hybridized carbons (Fsp3) is 0.636. The number of hydrogen-bond donors (Lipinski definition) is 1. The summed E-state index contributed by atoms with van der Waals surface area (Å²) in [6.45, 7) is 7.92. The maximum atomic E-state index is 11.6. The zero-order valence-corrected chi connectivity index (χ0v) is 9.18. The molecule has 1 heterocycles. The zero-order chi connectivity index (χ0) is 10.9.